The van der Waals surface area contributed by atoms with Crippen molar-refractivity contribution in [2.75, 3.05) is 6.61 Å². The molecule has 0 bridgehead atoms. The SMILES string of the molecule is C[C@@H]1CC[C@]2(C(=O)O)CC[C@]3(C)C(=CCC4[C@@]5(C)C[C@@H](O)[C@H](O)[C@](C)(COC(=O)C=Cc6ccc(O)cc6)C5CC[C@]43C)C2[C@H]1C. The first kappa shape index (κ1) is 33.3. The molecule has 12 atom stereocenters. The fourth-order valence-electron chi connectivity index (χ4n) is 12.0. The van der Waals surface area contributed by atoms with Gasteiger partial charge in [-0.25, -0.2) is 4.79 Å². The van der Waals surface area contributed by atoms with Crippen LogP contribution in [0.4, 0.5) is 0 Å². The van der Waals surface area contributed by atoms with Crippen LogP contribution >= 0.6 is 0 Å². The Kier molecular flexibility index (Phi) is 8.12. The van der Waals surface area contributed by atoms with E-state index in [1.165, 1.54) is 11.6 Å². The summed E-state index contributed by atoms with van der Waals surface area (Å²) in [6.07, 6.45) is 9.80. The largest absolute Gasteiger partial charge is 0.508 e. The van der Waals surface area contributed by atoms with Gasteiger partial charge >= 0.3 is 11.9 Å². The van der Waals surface area contributed by atoms with Crippen molar-refractivity contribution in [2.24, 2.45) is 56.7 Å². The molecule has 0 amide bonds. The predicted octanol–water partition coefficient (Wildman–Crippen LogP) is 7.00. The second-order valence-corrected chi connectivity index (χ2v) is 16.9. The molecule has 0 heterocycles. The van der Waals surface area contributed by atoms with Crippen LogP contribution in [0.15, 0.2) is 42.0 Å². The van der Waals surface area contributed by atoms with Crippen molar-refractivity contribution in [3.63, 3.8) is 0 Å². The number of ether oxygens (including phenoxy) is 1. The Bertz CT molecular complexity index is 1430. The van der Waals surface area contributed by atoms with Gasteiger partial charge < -0.3 is 25.2 Å². The Labute approximate surface area is 274 Å². The zero-order valence-corrected chi connectivity index (χ0v) is 28.5. The number of carboxylic acid groups (broad SMARTS) is 1. The fourth-order valence-corrected chi connectivity index (χ4v) is 12.0. The Morgan fingerprint density at radius 1 is 0.957 bits per heavy atom. The zero-order valence-electron chi connectivity index (χ0n) is 28.5. The minimum absolute atomic E-state index is 0.00460. The lowest BCUT2D eigenvalue weighted by Crippen LogP contribution is -2.68. The standard InChI is InChI=1S/C39H54O7/c1-23-15-18-39(34(44)45)20-19-37(5)27(32(39)24(23)2)12-13-30-35(3)21-28(41)33(43)36(4,29(35)16-17-38(30,37)6)22-46-31(42)14-9-25-7-10-26(40)11-8-25/h7-12,14,23-24,28-30,32-33,40-41,43H,13,15-22H2,1-6H3,(H,44,45)/t23-,24+,28-,29?,30?,32?,33+,35+,36-,37-,38-,39+/m1/s1. The molecule has 1 aromatic rings. The molecule has 252 valence electrons. The summed E-state index contributed by atoms with van der Waals surface area (Å²) in [7, 11) is 0. The number of benzene rings is 1. The van der Waals surface area contributed by atoms with Gasteiger partial charge in [0, 0.05) is 11.5 Å². The number of carbonyl (C=O) groups is 2. The summed E-state index contributed by atoms with van der Waals surface area (Å²) in [5.41, 5.74) is 0.0419. The third kappa shape index (κ3) is 4.65. The van der Waals surface area contributed by atoms with E-state index >= 15 is 0 Å². The van der Waals surface area contributed by atoms with Crippen molar-refractivity contribution < 1.29 is 34.8 Å². The highest BCUT2D eigenvalue weighted by molar-refractivity contribution is 5.87. The minimum atomic E-state index is -1.02. The molecule has 3 unspecified atom stereocenters. The molecule has 0 aliphatic heterocycles. The first-order valence-corrected chi connectivity index (χ1v) is 17.5. The lowest BCUT2D eigenvalue weighted by atomic mass is 9.33. The van der Waals surface area contributed by atoms with E-state index in [1.54, 1.807) is 30.3 Å². The molecule has 0 saturated heterocycles. The second kappa shape index (κ2) is 11.2. The van der Waals surface area contributed by atoms with Crippen LogP contribution in [0.3, 0.4) is 0 Å². The van der Waals surface area contributed by atoms with Crippen molar-refractivity contribution in [1.82, 2.24) is 0 Å². The van der Waals surface area contributed by atoms with Crippen LogP contribution in [0, 0.1) is 56.7 Å². The molecule has 5 aliphatic carbocycles. The molecule has 0 spiro atoms. The van der Waals surface area contributed by atoms with Crippen molar-refractivity contribution >= 4 is 18.0 Å². The summed E-state index contributed by atoms with van der Waals surface area (Å²) < 4.78 is 5.81. The van der Waals surface area contributed by atoms with Crippen molar-refractivity contribution in [2.45, 2.75) is 105 Å². The van der Waals surface area contributed by atoms with Crippen LogP contribution < -0.4 is 0 Å². The summed E-state index contributed by atoms with van der Waals surface area (Å²) in [5.74, 6) is 0.0827. The van der Waals surface area contributed by atoms with Crippen LogP contribution in [0.5, 0.6) is 5.75 Å². The third-order valence-electron chi connectivity index (χ3n) is 15.0. The highest BCUT2D eigenvalue weighted by Crippen LogP contribution is 2.75. The highest BCUT2D eigenvalue weighted by atomic mass is 16.5. The van der Waals surface area contributed by atoms with E-state index < -0.39 is 35.0 Å². The average molecular weight is 635 g/mol. The number of aliphatic hydroxyl groups excluding tert-OH is 2. The monoisotopic (exact) mass is 634 g/mol. The topological polar surface area (TPSA) is 124 Å². The first-order valence-electron chi connectivity index (χ1n) is 17.5. The quantitative estimate of drug-likeness (QED) is 0.156. The van der Waals surface area contributed by atoms with Gasteiger partial charge in [0.05, 0.1) is 24.2 Å². The molecule has 0 radical (unpaired) electrons. The lowest BCUT2D eigenvalue weighted by Gasteiger charge is -2.71. The number of hydrogen-bond donors (Lipinski definition) is 4. The van der Waals surface area contributed by atoms with Gasteiger partial charge in [0.2, 0.25) is 0 Å². The zero-order chi connectivity index (χ0) is 33.4. The van der Waals surface area contributed by atoms with Gasteiger partial charge in [-0.3, -0.25) is 4.79 Å². The number of carbonyl (C=O) groups excluding carboxylic acids is 1. The molecule has 5 aliphatic rings. The fraction of sp³-hybridized carbons (Fsp3) is 0.692. The molecule has 7 nitrogen and oxygen atoms in total. The number of carboxylic acids is 1. The molecular weight excluding hydrogens is 580 g/mol. The van der Waals surface area contributed by atoms with E-state index in [-0.39, 0.29) is 46.4 Å². The van der Waals surface area contributed by atoms with E-state index in [0.717, 1.165) is 44.1 Å². The molecular formula is C39H54O7. The normalized spacial score (nSPS) is 46.7. The van der Waals surface area contributed by atoms with Gasteiger partial charge in [0.25, 0.3) is 0 Å². The number of aliphatic hydroxyl groups is 2. The number of rotatable bonds is 5. The van der Waals surface area contributed by atoms with Crippen LogP contribution in [0.1, 0.15) is 98.5 Å². The van der Waals surface area contributed by atoms with Gasteiger partial charge in [-0.15, -0.1) is 0 Å². The van der Waals surface area contributed by atoms with E-state index in [9.17, 15) is 30.0 Å². The summed E-state index contributed by atoms with van der Waals surface area (Å²) in [6, 6.07) is 6.53. The van der Waals surface area contributed by atoms with Gasteiger partial charge in [0.1, 0.15) is 5.75 Å². The number of phenolic OH excluding ortho intramolecular Hbond substituents is 1. The van der Waals surface area contributed by atoms with Crippen LogP contribution in [-0.4, -0.2) is 51.2 Å². The third-order valence-corrected chi connectivity index (χ3v) is 15.0. The number of aliphatic carboxylic acids is 1. The lowest BCUT2D eigenvalue weighted by molar-refractivity contribution is -0.245. The summed E-state index contributed by atoms with van der Waals surface area (Å²) in [6.45, 7) is 13.7. The van der Waals surface area contributed by atoms with Crippen molar-refractivity contribution in [3.05, 3.63) is 47.6 Å². The van der Waals surface area contributed by atoms with Crippen molar-refractivity contribution in [3.8, 4) is 5.75 Å². The van der Waals surface area contributed by atoms with Crippen molar-refractivity contribution in [1.29, 1.82) is 0 Å². The van der Waals surface area contributed by atoms with E-state index in [1.807, 2.05) is 6.92 Å². The number of aromatic hydroxyl groups is 1. The predicted molar refractivity (Wildman–Crippen MR) is 176 cm³/mol. The summed E-state index contributed by atoms with van der Waals surface area (Å²) in [4.78, 5) is 25.9. The summed E-state index contributed by atoms with van der Waals surface area (Å²) in [5, 5.41) is 43.1. The molecule has 4 N–H and O–H groups in total. The Hall–Kier alpha value is -2.64. The molecule has 7 heteroatoms. The van der Waals surface area contributed by atoms with Crippen LogP contribution in [-0.2, 0) is 14.3 Å². The molecule has 4 fully saturated rings. The number of phenols is 1. The number of hydrogen-bond acceptors (Lipinski definition) is 6. The number of allylic oxidation sites excluding steroid dienone is 2. The van der Waals surface area contributed by atoms with E-state index in [0.29, 0.717) is 24.7 Å². The van der Waals surface area contributed by atoms with Gasteiger partial charge in [0.15, 0.2) is 0 Å². The second-order valence-electron chi connectivity index (χ2n) is 16.9. The summed E-state index contributed by atoms with van der Waals surface area (Å²) >= 11 is 0. The van der Waals surface area contributed by atoms with E-state index in [4.69, 9.17) is 4.74 Å². The van der Waals surface area contributed by atoms with Crippen LogP contribution in [0.25, 0.3) is 6.08 Å². The molecule has 1 aromatic carbocycles. The van der Waals surface area contributed by atoms with Crippen LogP contribution in [0.2, 0.25) is 0 Å². The van der Waals surface area contributed by atoms with E-state index in [2.05, 4.69) is 40.7 Å². The number of esters is 1. The maximum Gasteiger partial charge on any atom is 0.330 e. The number of fused-ring (bicyclic) bond motifs is 7. The average Bonchev–Trinajstić information content (AvgIpc) is 3.00. The van der Waals surface area contributed by atoms with Gasteiger partial charge in [-0.05, 0) is 121 Å². The molecule has 0 aromatic heterocycles. The minimum Gasteiger partial charge on any atom is -0.508 e. The molecule has 6 rings (SSSR count). The maximum absolute atomic E-state index is 13.0. The first-order chi connectivity index (χ1) is 21.5. The highest BCUT2D eigenvalue weighted by Gasteiger charge is 2.71. The van der Waals surface area contributed by atoms with Gasteiger partial charge in [-0.2, -0.15) is 0 Å². The Morgan fingerprint density at radius 3 is 2.33 bits per heavy atom. The maximum atomic E-state index is 13.0. The van der Waals surface area contributed by atoms with Gasteiger partial charge in [-0.1, -0.05) is 65.3 Å². The smallest absolute Gasteiger partial charge is 0.330 e. The Balaban J connectivity index is 1.30. The molecule has 4 saturated carbocycles. The molecule has 46 heavy (non-hydrogen) atoms. The Morgan fingerprint density at radius 2 is 1.65 bits per heavy atom.